The normalized spacial score (nSPS) is 17.9. The summed E-state index contributed by atoms with van der Waals surface area (Å²) in [5.74, 6) is 2.03. The Morgan fingerprint density at radius 3 is 2.64 bits per heavy atom. The molecule has 0 spiro atoms. The van der Waals surface area contributed by atoms with Gasteiger partial charge in [-0.2, -0.15) is 4.98 Å². The first-order valence-electron chi connectivity index (χ1n) is 7.59. The molecule has 0 aromatic carbocycles. The molecule has 3 rings (SSSR count). The molecule has 6 nitrogen and oxygen atoms in total. The Kier molecular flexibility index (Phi) is 4.11. The lowest BCUT2D eigenvalue weighted by Gasteiger charge is -2.14. The van der Waals surface area contributed by atoms with Crippen molar-refractivity contribution in [3.05, 3.63) is 22.8 Å². The molecule has 2 aromatic heterocycles. The standard InChI is InChI=1S/C16H21N3O3/c1-9-15(14-10(2)19-22-11(14)3)17-12(4)18-16(9)21-8-13-6-5-7-20-13/h13H,5-8H2,1-4H3/t13-/m1/s1. The molecule has 0 aliphatic carbocycles. The predicted molar refractivity (Wildman–Crippen MR) is 80.9 cm³/mol. The second-order valence-electron chi connectivity index (χ2n) is 5.69. The Balaban J connectivity index is 1.91. The van der Waals surface area contributed by atoms with E-state index >= 15 is 0 Å². The molecule has 1 fully saturated rings. The predicted octanol–water partition coefficient (Wildman–Crippen LogP) is 2.92. The third-order valence-electron chi connectivity index (χ3n) is 3.91. The van der Waals surface area contributed by atoms with E-state index < -0.39 is 0 Å². The van der Waals surface area contributed by atoms with Crippen molar-refractivity contribution in [2.75, 3.05) is 13.2 Å². The minimum atomic E-state index is 0.164. The summed E-state index contributed by atoms with van der Waals surface area (Å²) >= 11 is 0. The number of ether oxygens (including phenoxy) is 2. The SMILES string of the molecule is Cc1nc(OC[C@H]2CCCO2)c(C)c(-c2c(C)noc2C)n1. The monoisotopic (exact) mass is 303 g/mol. The largest absolute Gasteiger partial charge is 0.475 e. The smallest absolute Gasteiger partial charge is 0.220 e. The van der Waals surface area contributed by atoms with Gasteiger partial charge in [-0.25, -0.2) is 4.98 Å². The molecule has 1 aliphatic heterocycles. The van der Waals surface area contributed by atoms with Crippen LogP contribution in [0.5, 0.6) is 5.88 Å². The highest BCUT2D eigenvalue weighted by Crippen LogP contribution is 2.31. The second-order valence-corrected chi connectivity index (χ2v) is 5.69. The number of hydrogen-bond acceptors (Lipinski definition) is 6. The van der Waals surface area contributed by atoms with Crippen LogP contribution in [0.15, 0.2) is 4.52 Å². The average molecular weight is 303 g/mol. The van der Waals surface area contributed by atoms with Gasteiger partial charge in [0.1, 0.15) is 18.2 Å². The molecule has 1 atom stereocenters. The summed E-state index contributed by atoms with van der Waals surface area (Å²) < 4.78 is 16.7. The molecule has 1 saturated heterocycles. The van der Waals surface area contributed by atoms with Crippen LogP contribution >= 0.6 is 0 Å². The van der Waals surface area contributed by atoms with E-state index in [4.69, 9.17) is 14.0 Å². The van der Waals surface area contributed by atoms with E-state index in [1.807, 2.05) is 27.7 Å². The van der Waals surface area contributed by atoms with Crippen molar-refractivity contribution in [2.45, 2.75) is 46.6 Å². The van der Waals surface area contributed by atoms with Gasteiger partial charge < -0.3 is 14.0 Å². The van der Waals surface area contributed by atoms with E-state index in [1.165, 1.54) is 0 Å². The number of nitrogens with zero attached hydrogens (tertiary/aromatic N) is 3. The molecule has 0 saturated carbocycles. The van der Waals surface area contributed by atoms with Crippen molar-refractivity contribution in [3.8, 4) is 17.1 Å². The van der Waals surface area contributed by atoms with Gasteiger partial charge in [0.2, 0.25) is 5.88 Å². The van der Waals surface area contributed by atoms with Gasteiger partial charge in [0, 0.05) is 12.2 Å². The van der Waals surface area contributed by atoms with Gasteiger partial charge in [-0.15, -0.1) is 0 Å². The lowest BCUT2D eigenvalue weighted by Crippen LogP contribution is -2.17. The molecule has 2 aromatic rings. The molecule has 0 amide bonds. The fourth-order valence-corrected chi connectivity index (χ4v) is 2.76. The number of aromatic nitrogens is 3. The topological polar surface area (TPSA) is 70.3 Å². The van der Waals surface area contributed by atoms with Crippen molar-refractivity contribution in [1.29, 1.82) is 0 Å². The molecule has 1 aliphatic rings. The molecule has 0 unspecified atom stereocenters. The van der Waals surface area contributed by atoms with Gasteiger partial charge in [-0.3, -0.25) is 0 Å². The van der Waals surface area contributed by atoms with Crippen LogP contribution in [-0.4, -0.2) is 34.4 Å². The number of hydrogen-bond donors (Lipinski definition) is 0. The highest BCUT2D eigenvalue weighted by Gasteiger charge is 2.21. The van der Waals surface area contributed by atoms with E-state index in [1.54, 1.807) is 0 Å². The molecular formula is C16H21N3O3. The Bertz CT molecular complexity index is 656. The third-order valence-corrected chi connectivity index (χ3v) is 3.91. The highest BCUT2D eigenvalue weighted by molar-refractivity contribution is 5.68. The van der Waals surface area contributed by atoms with Crippen molar-refractivity contribution in [3.63, 3.8) is 0 Å². The average Bonchev–Trinajstić information content (AvgIpc) is 3.10. The van der Waals surface area contributed by atoms with Gasteiger partial charge in [0.25, 0.3) is 0 Å². The van der Waals surface area contributed by atoms with Crippen LogP contribution in [0.25, 0.3) is 11.3 Å². The van der Waals surface area contributed by atoms with Crippen LogP contribution < -0.4 is 4.74 Å². The van der Waals surface area contributed by atoms with E-state index in [0.717, 1.165) is 47.7 Å². The van der Waals surface area contributed by atoms with Crippen molar-refractivity contribution < 1.29 is 14.0 Å². The van der Waals surface area contributed by atoms with Crippen LogP contribution in [0.4, 0.5) is 0 Å². The highest BCUT2D eigenvalue weighted by atomic mass is 16.5. The van der Waals surface area contributed by atoms with Crippen molar-refractivity contribution in [1.82, 2.24) is 15.1 Å². The van der Waals surface area contributed by atoms with Crippen LogP contribution in [-0.2, 0) is 4.74 Å². The Morgan fingerprint density at radius 1 is 1.18 bits per heavy atom. The minimum absolute atomic E-state index is 0.164. The lowest BCUT2D eigenvalue weighted by molar-refractivity contribution is 0.0660. The Labute approximate surface area is 129 Å². The Morgan fingerprint density at radius 2 is 2.00 bits per heavy atom. The number of aryl methyl sites for hydroxylation is 3. The third kappa shape index (κ3) is 2.83. The molecular weight excluding hydrogens is 282 g/mol. The van der Waals surface area contributed by atoms with Gasteiger partial charge in [0.05, 0.1) is 23.1 Å². The first-order valence-corrected chi connectivity index (χ1v) is 7.59. The maximum atomic E-state index is 5.89. The summed E-state index contributed by atoms with van der Waals surface area (Å²) in [5, 5.41) is 4.01. The van der Waals surface area contributed by atoms with Gasteiger partial charge in [-0.1, -0.05) is 5.16 Å². The van der Waals surface area contributed by atoms with Crippen LogP contribution in [0, 0.1) is 27.7 Å². The summed E-state index contributed by atoms with van der Waals surface area (Å²) in [6.07, 6.45) is 2.30. The van der Waals surface area contributed by atoms with Crippen molar-refractivity contribution in [2.24, 2.45) is 0 Å². The van der Waals surface area contributed by atoms with E-state index in [2.05, 4.69) is 15.1 Å². The summed E-state index contributed by atoms with van der Waals surface area (Å²) in [6, 6.07) is 0. The molecule has 0 bridgehead atoms. The van der Waals surface area contributed by atoms with E-state index in [9.17, 15) is 0 Å². The van der Waals surface area contributed by atoms with Gasteiger partial charge in [0.15, 0.2) is 0 Å². The summed E-state index contributed by atoms with van der Waals surface area (Å²) in [5.41, 5.74) is 3.47. The Hall–Kier alpha value is -1.95. The molecule has 0 N–H and O–H groups in total. The molecule has 22 heavy (non-hydrogen) atoms. The van der Waals surface area contributed by atoms with Crippen LogP contribution in [0.1, 0.15) is 35.7 Å². The zero-order valence-corrected chi connectivity index (χ0v) is 13.5. The van der Waals surface area contributed by atoms with Gasteiger partial charge >= 0.3 is 0 Å². The quantitative estimate of drug-likeness (QED) is 0.865. The first kappa shape index (κ1) is 15.0. The van der Waals surface area contributed by atoms with Gasteiger partial charge in [-0.05, 0) is 40.5 Å². The molecule has 3 heterocycles. The fraction of sp³-hybridized carbons (Fsp3) is 0.562. The number of rotatable bonds is 4. The van der Waals surface area contributed by atoms with E-state index in [-0.39, 0.29) is 6.10 Å². The summed E-state index contributed by atoms with van der Waals surface area (Å²) in [6.45, 7) is 8.97. The first-order chi connectivity index (χ1) is 10.6. The maximum absolute atomic E-state index is 5.89. The summed E-state index contributed by atoms with van der Waals surface area (Å²) in [4.78, 5) is 8.98. The van der Waals surface area contributed by atoms with Crippen LogP contribution in [0.3, 0.4) is 0 Å². The zero-order valence-electron chi connectivity index (χ0n) is 13.5. The fourth-order valence-electron chi connectivity index (χ4n) is 2.76. The maximum Gasteiger partial charge on any atom is 0.220 e. The van der Waals surface area contributed by atoms with Crippen molar-refractivity contribution >= 4 is 0 Å². The van der Waals surface area contributed by atoms with E-state index in [0.29, 0.717) is 18.3 Å². The molecule has 118 valence electrons. The van der Waals surface area contributed by atoms with Crippen LogP contribution in [0.2, 0.25) is 0 Å². The lowest BCUT2D eigenvalue weighted by atomic mass is 10.1. The second kappa shape index (κ2) is 6.04. The minimum Gasteiger partial charge on any atom is -0.475 e. The molecule has 0 radical (unpaired) electrons. The molecule has 6 heteroatoms. The summed E-state index contributed by atoms with van der Waals surface area (Å²) in [7, 11) is 0. The zero-order chi connectivity index (χ0) is 15.7.